The van der Waals surface area contributed by atoms with Crippen molar-refractivity contribution in [3.8, 4) is 0 Å². The highest BCUT2D eigenvalue weighted by atomic mass is 16.5. The highest BCUT2D eigenvalue weighted by Gasteiger charge is 2.34. The van der Waals surface area contributed by atoms with E-state index in [0.29, 0.717) is 43.5 Å². The molecule has 0 spiro atoms. The van der Waals surface area contributed by atoms with Gasteiger partial charge in [-0.15, -0.1) is 0 Å². The Hall–Kier alpha value is -2.17. The van der Waals surface area contributed by atoms with E-state index in [1.54, 1.807) is 19.1 Å². The average Bonchev–Trinajstić information content (AvgIpc) is 2.71. The van der Waals surface area contributed by atoms with Crippen LogP contribution in [0.25, 0.3) is 0 Å². The Morgan fingerprint density at radius 1 is 1.09 bits per heavy atom. The number of aryl methyl sites for hydroxylation is 1. The number of hydrogen-bond donors (Lipinski definition) is 0. The number of carbonyl (C=O) groups excluding carboxylic acids is 3. The summed E-state index contributed by atoms with van der Waals surface area (Å²) < 4.78 is 4.85. The number of ether oxygens (including phenoxy) is 1. The number of rotatable bonds is 7. The molecule has 0 fully saturated rings. The smallest absolute Gasteiger partial charge is 0.305 e. The average molecular weight is 303 g/mol. The van der Waals surface area contributed by atoms with Gasteiger partial charge in [0.2, 0.25) is 0 Å². The van der Waals surface area contributed by atoms with E-state index < -0.39 is 0 Å². The van der Waals surface area contributed by atoms with Gasteiger partial charge < -0.3 is 4.74 Å². The number of hydrogen-bond acceptors (Lipinski definition) is 4. The number of nitrogens with zero attached hydrogens (tertiary/aromatic N) is 1. The first kappa shape index (κ1) is 16.2. The van der Waals surface area contributed by atoms with Crippen LogP contribution in [0.15, 0.2) is 18.2 Å². The van der Waals surface area contributed by atoms with Crippen molar-refractivity contribution in [3.05, 3.63) is 34.9 Å². The van der Waals surface area contributed by atoms with Crippen LogP contribution in [-0.2, 0) is 9.53 Å². The first-order valence-electron chi connectivity index (χ1n) is 7.67. The molecule has 0 saturated carbocycles. The van der Waals surface area contributed by atoms with Gasteiger partial charge in [-0.1, -0.05) is 18.1 Å². The Bertz CT molecular complexity index is 594. The summed E-state index contributed by atoms with van der Waals surface area (Å²) in [7, 11) is 0. The third kappa shape index (κ3) is 3.53. The fourth-order valence-electron chi connectivity index (χ4n) is 2.56. The van der Waals surface area contributed by atoms with Crippen molar-refractivity contribution in [1.82, 2.24) is 4.90 Å². The fourth-order valence-corrected chi connectivity index (χ4v) is 2.56. The molecule has 0 atom stereocenters. The number of fused-ring (bicyclic) bond motifs is 1. The van der Waals surface area contributed by atoms with Crippen molar-refractivity contribution in [2.45, 2.75) is 39.5 Å². The summed E-state index contributed by atoms with van der Waals surface area (Å²) in [5.74, 6) is -0.627. The van der Waals surface area contributed by atoms with Crippen LogP contribution in [0.3, 0.4) is 0 Å². The minimum Gasteiger partial charge on any atom is -0.466 e. The molecule has 0 unspecified atom stereocenters. The molecule has 1 aliphatic rings. The molecule has 0 aliphatic carbocycles. The largest absolute Gasteiger partial charge is 0.466 e. The zero-order chi connectivity index (χ0) is 16.1. The molecule has 0 N–H and O–H groups in total. The number of benzene rings is 1. The van der Waals surface area contributed by atoms with Gasteiger partial charge in [0.25, 0.3) is 11.8 Å². The topological polar surface area (TPSA) is 63.7 Å². The van der Waals surface area contributed by atoms with Crippen molar-refractivity contribution in [2.75, 3.05) is 13.2 Å². The lowest BCUT2D eigenvalue weighted by Crippen LogP contribution is -2.30. The second kappa shape index (κ2) is 7.20. The third-order valence-electron chi connectivity index (χ3n) is 3.69. The van der Waals surface area contributed by atoms with Crippen LogP contribution in [-0.4, -0.2) is 35.8 Å². The summed E-state index contributed by atoms with van der Waals surface area (Å²) in [6, 6.07) is 5.31. The van der Waals surface area contributed by atoms with E-state index in [1.165, 1.54) is 4.90 Å². The Morgan fingerprint density at radius 3 is 2.55 bits per heavy atom. The predicted octanol–water partition coefficient (Wildman–Crippen LogP) is 2.71. The maximum absolute atomic E-state index is 12.2. The molecule has 0 aromatic heterocycles. The highest BCUT2D eigenvalue weighted by Crippen LogP contribution is 2.24. The van der Waals surface area contributed by atoms with Crippen molar-refractivity contribution in [3.63, 3.8) is 0 Å². The first-order valence-corrected chi connectivity index (χ1v) is 7.67. The van der Waals surface area contributed by atoms with Crippen LogP contribution in [0.5, 0.6) is 0 Å². The van der Waals surface area contributed by atoms with Gasteiger partial charge in [0.15, 0.2) is 0 Å². The van der Waals surface area contributed by atoms with Gasteiger partial charge in [0.05, 0.1) is 17.7 Å². The molecule has 0 radical (unpaired) electrons. The second-order valence-electron chi connectivity index (χ2n) is 5.43. The van der Waals surface area contributed by atoms with Gasteiger partial charge in [0, 0.05) is 13.0 Å². The Balaban J connectivity index is 1.82. The Kier molecular flexibility index (Phi) is 5.31. The van der Waals surface area contributed by atoms with Gasteiger partial charge in [-0.2, -0.15) is 0 Å². The first-order chi connectivity index (χ1) is 10.5. The highest BCUT2D eigenvalue weighted by molar-refractivity contribution is 6.21. The van der Waals surface area contributed by atoms with Gasteiger partial charge >= 0.3 is 5.97 Å². The molecule has 1 heterocycles. The Morgan fingerprint density at radius 2 is 1.82 bits per heavy atom. The molecule has 0 saturated heterocycles. The Labute approximate surface area is 130 Å². The molecule has 22 heavy (non-hydrogen) atoms. The van der Waals surface area contributed by atoms with E-state index in [-0.39, 0.29) is 17.8 Å². The monoisotopic (exact) mass is 303 g/mol. The maximum Gasteiger partial charge on any atom is 0.305 e. The van der Waals surface area contributed by atoms with E-state index in [4.69, 9.17) is 4.74 Å². The number of unbranched alkanes of at least 4 members (excludes halogenated alkanes) is 2. The predicted molar refractivity (Wildman–Crippen MR) is 81.6 cm³/mol. The van der Waals surface area contributed by atoms with Crippen molar-refractivity contribution >= 4 is 17.8 Å². The van der Waals surface area contributed by atoms with Crippen LogP contribution in [0.2, 0.25) is 0 Å². The molecule has 118 valence electrons. The lowest BCUT2D eigenvalue weighted by atomic mass is 10.1. The van der Waals surface area contributed by atoms with Gasteiger partial charge in [-0.3, -0.25) is 19.3 Å². The van der Waals surface area contributed by atoms with Crippen molar-refractivity contribution < 1.29 is 19.1 Å². The lowest BCUT2D eigenvalue weighted by molar-refractivity contribution is -0.143. The van der Waals surface area contributed by atoms with Crippen LogP contribution in [0, 0.1) is 6.92 Å². The normalized spacial score (nSPS) is 13.5. The molecular weight excluding hydrogens is 282 g/mol. The molecule has 1 aliphatic heterocycles. The van der Waals surface area contributed by atoms with E-state index in [9.17, 15) is 14.4 Å². The minimum absolute atomic E-state index is 0.196. The summed E-state index contributed by atoms with van der Waals surface area (Å²) in [4.78, 5) is 37.0. The summed E-state index contributed by atoms with van der Waals surface area (Å²) in [6.45, 7) is 4.47. The maximum atomic E-state index is 12.2. The summed E-state index contributed by atoms with van der Waals surface area (Å²) >= 11 is 0. The number of amides is 2. The molecular formula is C17H21NO4. The van der Waals surface area contributed by atoms with E-state index in [1.807, 2.05) is 13.0 Å². The standard InChI is InChI=1S/C17H21NO4/c1-3-22-15(19)7-5-4-6-10-18-16(20)13-9-8-12(2)11-14(13)17(18)21/h8-9,11H,3-7,10H2,1-2H3. The van der Waals surface area contributed by atoms with Crippen LogP contribution in [0.4, 0.5) is 0 Å². The van der Waals surface area contributed by atoms with E-state index in [0.717, 1.165) is 12.0 Å². The molecule has 5 heteroatoms. The van der Waals surface area contributed by atoms with Gasteiger partial charge in [-0.25, -0.2) is 0 Å². The second-order valence-corrected chi connectivity index (χ2v) is 5.43. The number of carbonyl (C=O) groups is 3. The lowest BCUT2D eigenvalue weighted by Gasteiger charge is -2.13. The fraction of sp³-hybridized carbons (Fsp3) is 0.471. The van der Waals surface area contributed by atoms with Gasteiger partial charge in [0.1, 0.15) is 0 Å². The van der Waals surface area contributed by atoms with Crippen molar-refractivity contribution in [2.24, 2.45) is 0 Å². The van der Waals surface area contributed by atoms with Gasteiger partial charge in [-0.05, 0) is 38.8 Å². The zero-order valence-electron chi connectivity index (χ0n) is 13.1. The summed E-state index contributed by atoms with van der Waals surface area (Å²) in [5.41, 5.74) is 1.95. The summed E-state index contributed by atoms with van der Waals surface area (Å²) in [5, 5.41) is 0. The van der Waals surface area contributed by atoms with Crippen molar-refractivity contribution in [1.29, 1.82) is 0 Å². The molecule has 1 aromatic rings. The minimum atomic E-state index is -0.217. The molecule has 5 nitrogen and oxygen atoms in total. The van der Waals surface area contributed by atoms with E-state index in [2.05, 4.69) is 0 Å². The number of esters is 1. The van der Waals surface area contributed by atoms with E-state index >= 15 is 0 Å². The quantitative estimate of drug-likeness (QED) is 0.441. The number of imide groups is 1. The van der Waals surface area contributed by atoms with Crippen LogP contribution < -0.4 is 0 Å². The molecule has 1 aromatic carbocycles. The van der Waals surface area contributed by atoms with Crippen LogP contribution >= 0.6 is 0 Å². The van der Waals surface area contributed by atoms with Crippen LogP contribution in [0.1, 0.15) is 58.9 Å². The molecule has 2 rings (SSSR count). The zero-order valence-corrected chi connectivity index (χ0v) is 13.1. The SMILES string of the molecule is CCOC(=O)CCCCCN1C(=O)c2ccc(C)cc2C1=O. The molecule has 2 amide bonds. The molecule has 0 bridgehead atoms. The summed E-state index contributed by atoms with van der Waals surface area (Å²) in [6.07, 6.45) is 2.57. The third-order valence-corrected chi connectivity index (χ3v) is 3.69.